The van der Waals surface area contributed by atoms with Crippen molar-refractivity contribution in [1.29, 1.82) is 0 Å². The third kappa shape index (κ3) is 3.11. The molecule has 0 saturated heterocycles. The number of para-hydroxylation sites is 1. The molecular weight excluding hydrogens is 226 g/mol. The molecule has 1 aromatic heterocycles. The molecule has 0 fully saturated rings. The summed E-state index contributed by atoms with van der Waals surface area (Å²) in [6.07, 6.45) is 2.46. The molecule has 1 aromatic carbocycles. The summed E-state index contributed by atoms with van der Waals surface area (Å²) in [5, 5.41) is 3.68. The number of nitrogens with two attached hydrogens (primary N) is 1. The lowest BCUT2D eigenvalue weighted by molar-refractivity contribution is -0.121. The number of hydrogen-bond acceptors (Lipinski definition) is 2. The predicted octanol–water partition coefficient (Wildman–Crippen LogP) is 1.81. The molecule has 1 heterocycles. The highest BCUT2D eigenvalue weighted by atomic mass is 16.2. The van der Waals surface area contributed by atoms with E-state index in [0.29, 0.717) is 6.42 Å². The van der Waals surface area contributed by atoms with Crippen LogP contribution in [0.4, 0.5) is 0 Å². The first-order chi connectivity index (χ1) is 8.72. The summed E-state index contributed by atoms with van der Waals surface area (Å²) in [4.78, 5) is 14.5. The molecule has 18 heavy (non-hydrogen) atoms. The number of carbonyl (C=O) groups is 1. The van der Waals surface area contributed by atoms with Crippen LogP contribution in [0, 0.1) is 0 Å². The number of aromatic nitrogens is 1. The fourth-order valence-corrected chi connectivity index (χ4v) is 1.82. The van der Waals surface area contributed by atoms with Crippen LogP contribution in [0.3, 0.4) is 0 Å². The Morgan fingerprint density at radius 1 is 1.39 bits per heavy atom. The van der Waals surface area contributed by atoms with Gasteiger partial charge in [0.2, 0.25) is 5.91 Å². The van der Waals surface area contributed by atoms with Crippen molar-refractivity contribution >= 4 is 16.8 Å². The van der Waals surface area contributed by atoms with Crippen molar-refractivity contribution in [1.82, 2.24) is 10.3 Å². The lowest BCUT2D eigenvalue weighted by Gasteiger charge is -2.08. The number of benzene rings is 1. The zero-order chi connectivity index (χ0) is 13.5. The van der Waals surface area contributed by atoms with E-state index in [1.165, 1.54) is 0 Å². The van der Waals surface area contributed by atoms with Gasteiger partial charge in [0.15, 0.2) is 0 Å². The van der Waals surface area contributed by atoms with Crippen molar-refractivity contribution in [2.75, 3.05) is 7.05 Å². The lowest BCUT2D eigenvalue weighted by Crippen LogP contribution is -2.40. The molecule has 2 rings (SSSR count). The second kappa shape index (κ2) is 6.81. The summed E-state index contributed by atoms with van der Waals surface area (Å²) in [6.45, 7) is 4.00. The lowest BCUT2D eigenvalue weighted by atomic mass is 10.1. The Morgan fingerprint density at radius 3 is 2.72 bits per heavy atom. The molecule has 4 N–H and O–H groups in total. The highest BCUT2D eigenvalue weighted by Crippen LogP contribution is 2.18. The van der Waals surface area contributed by atoms with Gasteiger partial charge in [0, 0.05) is 24.1 Å². The first-order valence-corrected chi connectivity index (χ1v) is 6.24. The molecule has 4 heteroatoms. The maximum absolute atomic E-state index is 11.3. The van der Waals surface area contributed by atoms with Gasteiger partial charge >= 0.3 is 0 Å². The van der Waals surface area contributed by atoms with Crippen molar-refractivity contribution in [3.63, 3.8) is 0 Å². The van der Waals surface area contributed by atoms with Crippen LogP contribution in [0.25, 0.3) is 10.9 Å². The van der Waals surface area contributed by atoms with Crippen molar-refractivity contribution in [2.24, 2.45) is 5.73 Å². The number of hydrogen-bond donors (Lipinski definition) is 3. The first-order valence-electron chi connectivity index (χ1n) is 6.24. The van der Waals surface area contributed by atoms with E-state index >= 15 is 0 Å². The molecule has 4 nitrogen and oxygen atoms in total. The largest absolute Gasteiger partial charge is 0.361 e. The molecule has 2 aromatic rings. The number of rotatable bonds is 3. The van der Waals surface area contributed by atoms with E-state index in [1.54, 1.807) is 7.05 Å². The number of aromatic amines is 1. The Bertz CT molecular complexity index is 504. The van der Waals surface area contributed by atoms with Gasteiger partial charge < -0.3 is 16.0 Å². The average molecular weight is 247 g/mol. The normalized spacial score (nSPS) is 11.6. The Balaban J connectivity index is 0.000000771. The Hall–Kier alpha value is -1.81. The van der Waals surface area contributed by atoms with Crippen LogP contribution in [0.15, 0.2) is 30.5 Å². The average Bonchev–Trinajstić information content (AvgIpc) is 2.83. The van der Waals surface area contributed by atoms with Gasteiger partial charge in [0.05, 0.1) is 6.04 Å². The highest BCUT2D eigenvalue weighted by molar-refractivity contribution is 5.85. The maximum atomic E-state index is 11.3. The van der Waals surface area contributed by atoms with E-state index in [0.717, 1.165) is 16.5 Å². The Labute approximate surface area is 108 Å². The summed E-state index contributed by atoms with van der Waals surface area (Å²) in [7, 11) is 1.59. The van der Waals surface area contributed by atoms with Crippen LogP contribution in [-0.2, 0) is 11.2 Å². The topological polar surface area (TPSA) is 70.9 Å². The van der Waals surface area contributed by atoms with E-state index in [2.05, 4.69) is 10.3 Å². The van der Waals surface area contributed by atoms with E-state index < -0.39 is 6.04 Å². The number of nitrogens with one attached hydrogen (secondary N) is 2. The molecule has 0 unspecified atom stereocenters. The summed E-state index contributed by atoms with van der Waals surface area (Å²) in [5.41, 5.74) is 7.93. The zero-order valence-electron chi connectivity index (χ0n) is 11.2. The van der Waals surface area contributed by atoms with Crippen LogP contribution in [-0.4, -0.2) is 24.0 Å². The smallest absolute Gasteiger partial charge is 0.237 e. The number of likely N-dealkylation sites (N-methyl/N-ethyl adjacent to an activating group) is 1. The van der Waals surface area contributed by atoms with E-state index in [4.69, 9.17) is 5.73 Å². The number of H-pyrrole nitrogens is 1. The number of amides is 1. The van der Waals surface area contributed by atoms with Crippen LogP contribution in [0.1, 0.15) is 19.4 Å². The molecule has 0 aliphatic carbocycles. The molecule has 0 saturated carbocycles. The van der Waals surface area contributed by atoms with Gasteiger partial charge in [-0.3, -0.25) is 4.79 Å². The predicted molar refractivity (Wildman–Crippen MR) is 75.4 cm³/mol. The minimum absolute atomic E-state index is 0.134. The van der Waals surface area contributed by atoms with Gasteiger partial charge in [0.1, 0.15) is 0 Å². The molecule has 0 bridgehead atoms. The number of carbonyl (C=O) groups excluding carboxylic acids is 1. The number of fused-ring (bicyclic) bond motifs is 1. The van der Waals surface area contributed by atoms with Crippen molar-refractivity contribution in [3.05, 3.63) is 36.0 Å². The first kappa shape index (κ1) is 14.3. The maximum Gasteiger partial charge on any atom is 0.237 e. The van der Waals surface area contributed by atoms with Crippen molar-refractivity contribution in [2.45, 2.75) is 26.3 Å². The fourth-order valence-electron chi connectivity index (χ4n) is 1.82. The Morgan fingerprint density at radius 2 is 2.06 bits per heavy atom. The van der Waals surface area contributed by atoms with Gasteiger partial charge in [0.25, 0.3) is 0 Å². The fraction of sp³-hybridized carbons (Fsp3) is 0.357. The summed E-state index contributed by atoms with van der Waals surface area (Å²) < 4.78 is 0. The highest BCUT2D eigenvalue weighted by Gasteiger charge is 2.14. The molecule has 0 radical (unpaired) electrons. The molecule has 1 atom stereocenters. The van der Waals surface area contributed by atoms with Gasteiger partial charge in [-0.25, -0.2) is 0 Å². The zero-order valence-corrected chi connectivity index (χ0v) is 11.2. The van der Waals surface area contributed by atoms with Crippen LogP contribution in [0.5, 0.6) is 0 Å². The second-order valence-electron chi connectivity index (χ2n) is 3.78. The summed E-state index contributed by atoms with van der Waals surface area (Å²) in [5.74, 6) is -0.134. The van der Waals surface area contributed by atoms with Crippen LogP contribution < -0.4 is 11.1 Å². The molecule has 0 aliphatic heterocycles. The quantitative estimate of drug-likeness (QED) is 0.774. The molecule has 0 spiro atoms. The standard InChI is InChI=1S/C12H15N3O.C2H6/c1-14-12(16)10(13)6-8-7-15-11-5-3-2-4-9(8)11;1-2/h2-5,7,10,15H,6,13H2,1H3,(H,14,16);1-2H3/t10-;/m0./s1. The second-order valence-corrected chi connectivity index (χ2v) is 3.78. The van der Waals surface area contributed by atoms with E-state index in [9.17, 15) is 4.79 Å². The van der Waals surface area contributed by atoms with Gasteiger partial charge in [-0.05, 0) is 18.1 Å². The minimum atomic E-state index is -0.496. The van der Waals surface area contributed by atoms with Gasteiger partial charge in [-0.2, -0.15) is 0 Å². The molecule has 1 amide bonds. The monoisotopic (exact) mass is 247 g/mol. The third-order valence-corrected chi connectivity index (χ3v) is 2.70. The van der Waals surface area contributed by atoms with Crippen molar-refractivity contribution in [3.8, 4) is 0 Å². The Kier molecular flexibility index (Phi) is 5.39. The van der Waals surface area contributed by atoms with Gasteiger partial charge in [-0.15, -0.1) is 0 Å². The minimum Gasteiger partial charge on any atom is -0.361 e. The molecule has 98 valence electrons. The SMILES string of the molecule is CC.CNC(=O)[C@@H](N)Cc1c[nH]c2ccccc12. The summed E-state index contributed by atoms with van der Waals surface area (Å²) >= 11 is 0. The molecule has 0 aliphatic rings. The van der Waals surface area contributed by atoms with Crippen LogP contribution >= 0.6 is 0 Å². The van der Waals surface area contributed by atoms with Crippen molar-refractivity contribution < 1.29 is 4.79 Å². The van der Waals surface area contributed by atoms with Crippen LogP contribution in [0.2, 0.25) is 0 Å². The van der Waals surface area contributed by atoms with E-state index in [1.807, 2.05) is 44.3 Å². The van der Waals surface area contributed by atoms with E-state index in [-0.39, 0.29) is 5.91 Å². The molecular formula is C14H21N3O. The third-order valence-electron chi connectivity index (χ3n) is 2.70. The van der Waals surface area contributed by atoms with Gasteiger partial charge in [-0.1, -0.05) is 32.0 Å². The summed E-state index contributed by atoms with van der Waals surface area (Å²) in [6, 6.07) is 7.48.